The number of alkyl halides is 3. The fraction of sp³-hybridized carbons (Fsp3) is 0.750. The van der Waals surface area contributed by atoms with E-state index < -0.39 is 35.0 Å². The van der Waals surface area contributed by atoms with Gasteiger partial charge >= 0.3 is 6.18 Å². The molecule has 0 saturated carbocycles. The van der Waals surface area contributed by atoms with E-state index in [4.69, 9.17) is 0 Å². The van der Waals surface area contributed by atoms with Crippen molar-refractivity contribution in [2.45, 2.75) is 67.5 Å². The predicted molar refractivity (Wildman–Crippen MR) is 79.9 cm³/mol. The molecule has 0 heterocycles. The molecule has 7 heteroatoms. The first-order valence-electron chi connectivity index (χ1n) is 7.05. The minimum atomic E-state index is -4.87. The maximum Gasteiger partial charge on any atom is 0.450 e. The molecule has 0 N–H and O–H groups in total. The second-order valence-corrected chi connectivity index (χ2v) is 7.32. The average molecular weight is 338 g/mol. The van der Waals surface area contributed by atoms with Crippen molar-refractivity contribution in [3.05, 3.63) is 0 Å². The Hall–Kier alpha value is -1.53. The third-order valence-corrected chi connectivity index (χ3v) is 2.72. The molecule has 0 aliphatic heterocycles. The fourth-order valence-electron chi connectivity index (χ4n) is 1.00. The van der Waals surface area contributed by atoms with Crippen LogP contribution in [0.4, 0.5) is 13.2 Å². The third kappa shape index (κ3) is 11.7. The van der Waals surface area contributed by atoms with Gasteiger partial charge in [-0.3, -0.25) is 19.2 Å². The van der Waals surface area contributed by atoms with Crippen LogP contribution in [0.15, 0.2) is 0 Å². The quantitative estimate of drug-likeness (QED) is 0.733. The van der Waals surface area contributed by atoms with Crippen LogP contribution >= 0.6 is 0 Å². The Bertz CT molecular complexity index is 439. The average Bonchev–Trinajstić information content (AvgIpc) is 2.24. The van der Waals surface area contributed by atoms with E-state index in [1.165, 1.54) is 0 Å². The Morgan fingerprint density at radius 1 is 0.652 bits per heavy atom. The van der Waals surface area contributed by atoms with Gasteiger partial charge in [-0.15, -0.1) is 0 Å². The minimum Gasteiger partial charge on any atom is -0.300 e. The van der Waals surface area contributed by atoms with Crippen molar-refractivity contribution in [3.63, 3.8) is 0 Å². The van der Waals surface area contributed by atoms with Crippen LogP contribution in [0.1, 0.15) is 61.3 Å². The lowest BCUT2D eigenvalue weighted by atomic mass is 9.82. The highest BCUT2D eigenvalue weighted by Gasteiger charge is 2.38. The second kappa shape index (κ2) is 8.36. The Morgan fingerprint density at radius 3 is 1.09 bits per heavy atom. The fourth-order valence-corrected chi connectivity index (χ4v) is 1.00. The molecule has 0 unspecified atom stereocenters. The molecule has 0 fully saturated rings. The van der Waals surface area contributed by atoms with E-state index in [1.54, 1.807) is 0 Å². The van der Waals surface area contributed by atoms with Crippen molar-refractivity contribution >= 4 is 23.1 Å². The number of carbonyl (C=O) groups excluding carboxylic acids is 4. The summed E-state index contributed by atoms with van der Waals surface area (Å²) in [5, 5.41) is 0. The largest absolute Gasteiger partial charge is 0.450 e. The topological polar surface area (TPSA) is 68.3 Å². The summed E-state index contributed by atoms with van der Waals surface area (Å²) >= 11 is 0. The van der Waals surface area contributed by atoms with Gasteiger partial charge in [-0.1, -0.05) is 41.5 Å². The number of ketones is 4. The zero-order chi connectivity index (χ0) is 19.2. The number of hydrogen-bond acceptors (Lipinski definition) is 4. The lowest BCUT2D eigenvalue weighted by Crippen LogP contribution is -2.28. The van der Waals surface area contributed by atoms with Gasteiger partial charge in [0.2, 0.25) is 5.78 Å². The van der Waals surface area contributed by atoms with Gasteiger partial charge in [0.25, 0.3) is 0 Å². The Balaban J connectivity index is 0. The second-order valence-electron chi connectivity index (χ2n) is 7.32. The molecular formula is C16H25F3O4. The highest BCUT2D eigenvalue weighted by Crippen LogP contribution is 2.22. The van der Waals surface area contributed by atoms with E-state index in [0.29, 0.717) is 0 Å². The van der Waals surface area contributed by atoms with Crippen molar-refractivity contribution in [3.8, 4) is 0 Å². The van der Waals surface area contributed by atoms with E-state index in [0.717, 1.165) is 6.92 Å². The Kier molecular flexibility index (Phi) is 8.62. The number of rotatable bonds is 4. The summed E-state index contributed by atoms with van der Waals surface area (Å²) in [4.78, 5) is 42.9. The van der Waals surface area contributed by atoms with Gasteiger partial charge in [0.05, 0.1) is 12.8 Å². The van der Waals surface area contributed by atoms with Gasteiger partial charge in [0.15, 0.2) is 0 Å². The Labute approximate surface area is 134 Å². The first-order valence-corrected chi connectivity index (χ1v) is 7.05. The summed E-state index contributed by atoms with van der Waals surface area (Å²) in [6.45, 7) is 12.0. The first-order chi connectivity index (χ1) is 9.89. The zero-order valence-electron chi connectivity index (χ0n) is 14.7. The molecule has 0 aliphatic carbocycles. The van der Waals surface area contributed by atoms with Gasteiger partial charge in [0, 0.05) is 10.8 Å². The summed E-state index contributed by atoms with van der Waals surface area (Å²) in [6, 6.07) is 0. The highest BCUT2D eigenvalue weighted by atomic mass is 19.4. The van der Waals surface area contributed by atoms with Gasteiger partial charge < -0.3 is 0 Å². The predicted octanol–water partition coefficient (Wildman–Crippen LogP) is 3.70. The van der Waals surface area contributed by atoms with Crippen LogP contribution in [0.5, 0.6) is 0 Å². The van der Waals surface area contributed by atoms with E-state index in [9.17, 15) is 32.3 Å². The number of Topliss-reactive ketones (excluding diaryl/α,β-unsaturated/α-hetero) is 4. The van der Waals surface area contributed by atoms with Crippen LogP contribution in [0.25, 0.3) is 0 Å². The van der Waals surface area contributed by atoms with Crippen LogP contribution in [-0.4, -0.2) is 29.3 Å². The Morgan fingerprint density at radius 2 is 0.957 bits per heavy atom. The lowest BCUT2D eigenvalue weighted by Gasteiger charge is -2.20. The molecule has 0 spiro atoms. The summed E-state index contributed by atoms with van der Waals surface area (Å²) in [6.07, 6.45) is -5.86. The molecule has 0 rings (SSSR count). The lowest BCUT2D eigenvalue weighted by molar-refractivity contribution is -0.171. The van der Waals surface area contributed by atoms with E-state index in [-0.39, 0.29) is 18.0 Å². The summed E-state index contributed by atoms with van der Waals surface area (Å²) in [5.74, 6) is -2.72. The molecule has 0 aromatic carbocycles. The number of carbonyl (C=O) groups is 4. The van der Waals surface area contributed by atoms with Crippen LogP contribution < -0.4 is 0 Å². The first kappa shape index (κ1) is 23.7. The van der Waals surface area contributed by atoms with E-state index in [2.05, 4.69) is 0 Å². The summed E-state index contributed by atoms with van der Waals surface area (Å²) in [5.41, 5.74) is -0.804. The molecule has 0 atom stereocenters. The molecule has 0 aliphatic rings. The number of halogens is 3. The van der Waals surface area contributed by atoms with Crippen LogP contribution in [-0.2, 0) is 19.2 Å². The standard InChI is InChI=1S/C11H20O2.C5H5F3O2/c1-10(2,3)8(12)7-9(13)11(4,5)6;1-3(9)2-4(10)5(6,7)8/h7H2,1-6H3;2H2,1H3. The highest BCUT2D eigenvalue weighted by molar-refractivity contribution is 6.03. The molecule has 0 amide bonds. The van der Waals surface area contributed by atoms with E-state index >= 15 is 0 Å². The van der Waals surface area contributed by atoms with Crippen molar-refractivity contribution in [2.75, 3.05) is 0 Å². The van der Waals surface area contributed by atoms with Gasteiger partial charge in [-0.25, -0.2) is 0 Å². The maximum atomic E-state index is 11.5. The van der Waals surface area contributed by atoms with Gasteiger partial charge in [-0.05, 0) is 6.92 Å². The maximum absolute atomic E-state index is 11.5. The molecular weight excluding hydrogens is 313 g/mol. The molecule has 0 radical (unpaired) electrons. The molecule has 134 valence electrons. The van der Waals surface area contributed by atoms with Crippen molar-refractivity contribution < 1.29 is 32.3 Å². The molecule has 0 aromatic rings. The van der Waals surface area contributed by atoms with E-state index in [1.807, 2.05) is 41.5 Å². The molecule has 23 heavy (non-hydrogen) atoms. The molecule has 4 nitrogen and oxygen atoms in total. The SMILES string of the molecule is CC(=O)CC(=O)C(F)(F)F.CC(C)(C)C(=O)CC(=O)C(C)(C)C. The van der Waals surface area contributed by atoms with Crippen LogP contribution in [0.2, 0.25) is 0 Å². The van der Waals surface area contributed by atoms with Crippen molar-refractivity contribution in [1.82, 2.24) is 0 Å². The number of hydrogen-bond donors (Lipinski definition) is 0. The molecule has 0 bridgehead atoms. The summed E-state index contributed by atoms with van der Waals surface area (Å²) in [7, 11) is 0. The van der Waals surface area contributed by atoms with Gasteiger partial charge in [-0.2, -0.15) is 13.2 Å². The molecule has 0 saturated heterocycles. The monoisotopic (exact) mass is 338 g/mol. The minimum absolute atomic E-state index is 0.0208. The molecule has 0 aromatic heterocycles. The summed E-state index contributed by atoms with van der Waals surface area (Å²) < 4.78 is 33.9. The zero-order valence-corrected chi connectivity index (χ0v) is 14.7. The normalized spacial score (nSPS) is 12.1. The van der Waals surface area contributed by atoms with Crippen LogP contribution in [0.3, 0.4) is 0 Å². The third-order valence-electron chi connectivity index (χ3n) is 2.72. The van der Waals surface area contributed by atoms with Gasteiger partial charge in [0.1, 0.15) is 17.3 Å². The van der Waals surface area contributed by atoms with Crippen molar-refractivity contribution in [2.24, 2.45) is 10.8 Å². The van der Waals surface area contributed by atoms with Crippen LogP contribution in [0, 0.1) is 10.8 Å². The van der Waals surface area contributed by atoms with Crippen molar-refractivity contribution in [1.29, 1.82) is 0 Å². The smallest absolute Gasteiger partial charge is 0.300 e.